The van der Waals surface area contributed by atoms with Gasteiger partial charge in [0.1, 0.15) is 0 Å². The smallest absolute Gasteiger partial charge is 0.258 e. The topological polar surface area (TPSA) is 86.9 Å². The Morgan fingerprint density at radius 2 is 2.32 bits per heavy atom. The van der Waals surface area contributed by atoms with Crippen LogP contribution in [0.1, 0.15) is 24.1 Å². The fraction of sp³-hybridized carbons (Fsp3) is 0.364. The Balaban J connectivity index is 2.20. The number of hydrogen-bond donors (Lipinski definition) is 3. The third-order valence-corrected chi connectivity index (χ3v) is 4.95. The molecule has 0 amide bonds. The largest absolute Gasteiger partial charge is 0.316 e. The molecule has 104 valence electrons. The molecular formula is C11H16N4O2S2. The maximum Gasteiger partial charge on any atom is 0.258 e. The van der Waals surface area contributed by atoms with E-state index in [1.54, 1.807) is 7.05 Å². The van der Waals surface area contributed by atoms with E-state index in [0.29, 0.717) is 12.1 Å². The van der Waals surface area contributed by atoms with Crippen molar-refractivity contribution in [3.05, 3.63) is 34.2 Å². The second-order valence-electron chi connectivity index (χ2n) is 4.15. The fourth-order valence-electron chi connectivity index (χ4n) is 1.73. The minimum Gasteiger partial charge on any atom is -0.316 e. The second kappa shape index (κ2) is 5.83. The van der Waals surface area contributed by atoms with Crippen LogP contribution in [0.3, 0.4) is 0 Å². The number of nitrogens with zero attached hydrogens (tertiary/aromatic N) is 1. The van der Waals surface area contributed by atoms with Crippen LogP contribution in [0.4, 0.5) is 0 Å². The zero-order valence-electron chi connectivity index (χ0n) is 10.7. The molecule has 1 atom stereocenters. The number of aromatic nitrogens is 2. The summed E-state index contributed by atoms with van der Waals surface area (Å²) in [6.45, 7) is 2.26. The molecule has 2 aromatic rings. The molecule has 0 spiro atoms. The summed E-state index contributed by atoms with van der Waals surface area (Å²) in [4.78, 5) is 0. The lowest BCUT2D eigenvalue weighted by molar-refractivity contribution is 0.561. The third-order valence-electron chi connectivity index (χ3n) is 2.69. The van der Waals surface area contributed by atoms with Gasteiger partial charge in [0.05, 0.1) is 6.20 Å². The molecule has 3 N–H and O–H groups in total. The average Bonchev–Trinajstić information content (AvgIpc) is 2.99. The molecule has 2 aromatic heterocycles. The predicted octanol–water partition coefficient (Wildman–Crippen LogP) is 1.23. The lowest BCUT2D eigenvalue weighted by Crippen LogP contribution is -2.28. The first-order valence-corrected chi connectivity index (χ1v) is 8.18. The van der Waals surface area contributed by atoms with E-state index in [-0.39, 0.29) is 11.1 Å². The molecule has 2 heterocycles. The van der Waals surface area contributed by atoms with E-state index in [0.717, 1.165) is 5.56 Å². The first kappa shape index (κ1) is 14.2. The van der Waals surface area contributed by atoms with Crippen molar-refractivity contribution in [2.75, 3.05) is 7.05 Å². The summed E-state index contributed by atoms with van der Waals surface area (Å²) in [6, 6.07) is 1.63. The molecule has 0 aromatic carbocycles. The molecular weight excluding hydrogens is 284 g/mol. The molecule has 19 heavy (non-hydrogen) atoms. The van der Waals surface area contributed by atoms with Gasteiger partial charge in [0.25, 0.3) is 10.0 Å². The van der Waals surface area contributed by atoms with Gasteiger partial charge in [-0.2, -0.15) is 16.4 Å². The number of hydrogen-bond acceptors (Lipinski definition) is 5. The summed E-state index contributed by atoms with van der Waals surface area (Å²) in [6.07, 6.45) is 1.51. The summed E-state index contributed by atoms with van der Waals surface area (Å²) in [5.74, 6) is 0. The van der Waals surface area contributed by atoms with Crippen LogP contribution in [0.15, 0.2) is 28.0 Å². The van der Waals surface area contributed by atoms with Crippen LogP contribution in [0, 0.1) is 0 Å². The van der Waals surface area contributed by atoms with E-state index < -0.39 is 10.0 Å². The van der Waals surface area contributed by atoms with Gasteiger partial charge in [-0.25, -0.2) is 13.1 Å². The molecule has 6 nitrogen and oxygen atoms in total. The van der Waals surface area contributed by atoms with Crippen LogP contribution in [0.5, 0.6) is 0 Å². The number of aromatic amines is 1. The fourth-order valence-corrected chi connectivity index (χ4v) is 3.85. The molecule has 0 saturated heterocycles. The van der Waals surface area contributed by atoms with Crippen LogP contribution in [0.25, 0.3) is 0 Å². The number of H-pyrrole nitrogens is 1. The first-order valence-electron chi connectivity index (χ1n) is 5.76. The molecule has 0 aliphatic heterocycles. The summed E-state index contributed by atoms with van der Waals surface area (Å²) in [7, 11) is -1.84. The maximum absolute atomic E-state index is 12.3. The minimum absolute atomic E-state index is 0.115. The Labute approximate surface area is 116 Å². The third kappa shape index (κ3) is 3.21. The van der Waals surface area contributed by atoms with E-state index in [2.05, 4.69) is 20.2 Å². The molecule has 8 heteroatoms. The van der Waals surface area contributed by atoms with Crippen LogP contribution in [-0.2, 0) is 16.6 Å². The van der Waals surface area contributed by atoms with Crippen molar-refractivity contribution in [1.29, 1.82) is 0 Å². The van der Waals surface area contributed by atoms with Gasteiger partial charge in [-0.15, -0.1) is 0 Å². The Bertz CT molecular complexity index is 619. The molecule has 2 rings (SSSR count). The highest BCUT2D eigenvalue weighted by Gasteiger charge is 2.23. The number of nitrogens with one attached hydrogen (secondary N) is 3. The molecule has 0 aliphatic rings. The van der Waals surface area contributed by atoms with Crippen molar-refractivity contribution >= 4 is 21.4 Å². The predicted molar refractivity (Wildman–Crippen MR) is 74.4 cm³/mol. The molecule has 1 unspecified atom stereocenters. The van der Waals surface area contributed by atoms with Gasteiger partial charge in [0.2, 0.25) is 0 Å². The van der Waals surface area contributed by atoms with E-state index in [1.807, 2.05) is 23.8 Å². The van der Waals surface area contributed by atoms with E-state index in [9.17, 15) is 8.42 Å². The second-order valence-corrected chi connectivity index (χ2v) is 6.59. The standard InChI is InChI=1S/C11H16N4O2S2/c1-8(9-3-4-18-7-9)15-19(16,17)11-10(5-12-2)6-13-14-11/h3-4,6-8,12,15H,5H2,1-2H3,(H,13,14). The monoisotopic (exact) mass is 300 g/mol. The van der Waals surface area contributed by atoms with Crippen molar-refractivity contribution in [2.24, 2.45) is 0 Å². The zero-order valence-corrected chi connectivity index (χ0v) is 12.3. The Morgan fingerprint density at radius 1 is 1.53 bits per heavy atom. The number of rotatable bonds is 6. The van der Waals surface area contributed by atoms with Gasteiger partial charge in [-0.05, 0) is 36.4 Å². The summed E-state index contributed by atoms with van der Waals surface area (Å²) < 4.78 is 27.2. The highest BCUT2D eigenvalue weighted by molar-refractivity contribution is 7.89. The van der Waals surface area contributed by atoms with Crippen LogP contribution < -0.4 is 10.0 Å². The zero-order chi connectivity index (χ0) is 13.9. The van der Waals surface area contributed by atoms with Crippen molar-refractivity contribution in [2.45, 2.75) is 24.5 Å². The lowest BCUT2D eigenvalue weighted by Gasteiger charge is -2.13. The summed E-state index contributed by atoms with van der Waals surface area (Å²) >= 11 is 1.54. The van der Waals surface area contributed by atoms with Crippen molar-refractivity contribution in [3.8, 4) is 0 Å². The minimum atomic E-state index is -3.60. The van der Waals surface area contributed by atoms with E-state index in [4.69, 9.17) is 0 Å². The SMILES string of the molecule is CNCc1cn[nH]c1S(=O)(=O)NC(C)c1ccsc1. The van der Waals surface area contributed by atoms with Gasteiger partial charge in [0, 0.05) is 18.2 Å². The van der Waals surface area contributed by atoms with Crippen LogP contribution >= 0.6 is 11.3 Å². The summed E-state index contributed by atoms with van der Waals surface area (Å²) in [5, 5.41) is 13.2. The highest BCUT2D eigenvalue weighted by atomic mass is 32.2. The molecule has 0 radical (unpaired) electrons. The lowest BCUT2D eigenvalue weighted by atomic mass is 10.2. The average molecular weight is 300 g/mol. The van der Waals surface area contributed by atoms with Crippen molar-refractivity contribution in [3.63, 3.8) is 0 Å². The molecule has 0 bridgehead atoms. The van der Waals surface area contributed by atoms with Crippen LogP contribution in [0.2, 0.25) is 0 Å². The van der Waals surface area contributed by atoms with Crippen LogP contribution in [-0.4, -0.2) is 25.7 Å². The first-order chi connectivity index (χ1) is 9.04. The Morgan fingerprint density at radius 3 is 2.95 bits per heavy atom. The number of thiophene rings is 1. The van der Waals surface area contributed by atoms with Gasteiger partial charge in [0.15, 0.2) is 5.03 Å². The maximum atomic E-state index is 12.3. The normalized spacial score (nSPS) is 13.6. The highest BCUT2D eigenvalue weighted by Crippen LogP contribution is 2.19. The quantitative estimate of drug-likeness (QED) is 0.749. The van der Waals surface area contributed by atoms with E-state index in [1.165, 1.54) is 17.5 Å². The Kier molecular flexibility index (Phi) is 4.35. The number of sulfonamides is 1. The van der Waals surface area contributed by atoms with Gasteiger partial charge in [-0.3, -0.25) is 5.10 Å². The van der Waals surface area contributed by atoms with Crippen molar-refractivity contribution < 1.29 is 8.42 Å². The summed E-state index contributed by atoms with van der Waals surface area (Å²) in [5.41, 5.74) is 1.57. The molecule has 0 fully saturated rings. The van der Waals surface area contributed by atoms with Gasteiger partial charge in [-0.1, -0.05) is 0 Å². The van der Waals surface area contributed by atoms with E-state index >= 15 is 0 Å². The molecule has 0 aliphatic carbocycles. The van der Waals surface area contributed by atoms with Crippen molar-refractivity contribution in [1.82, 2.24) is 20.2 Å². The molecule has 0 saturated carbocycles. The van der Waals surface area contributed by atoms with Gasteiger partial charge < -0.3 is 5.32 Å². The Hall–Kier alpha value is -1.22. The van der Waals surface area contributed by atoms with Gasteiger partial charge >= 0.3 is 0 Å².